The standard InChI is InChI=1S/C21H18N4O4S/c1-14-3-8-19-18(11-14)15(13-29-19)12-20(26)24-16-4-6-17(7-5-16)30(27,28)25-21-22-9-2-10-23-21/h2-11,13H,12H2,1H3,(H,24,26)(H,22,23,25). The SMILES string of the molecule is Cc1ccc2occ(CC(=O)Nc3ccc(S(=O)(=O)Nc4ncccn4)cc3)c2c1. The van der Waals surface area contributed by atoms with Gasteiger partial charge in [-0.2, -0.15) is 0 Å². The van der Waals surface area contributed by atoms with Crippen LogP contribution in [0.25, 0.3) is 11.0 Å². The molecule has 2 heterocycles. The fraction of sp³-hybridized carbons (Fsp3) is 0.0952. The van der Waals surface area contributed by atoms with E-state index < -0.39 is 10.0 Å². The van der Waals surface area contributed by atoms with Gasteiger partial charge in [0.15, 0.2) is 0 Å². The van der Waals surface area contributed by atoms with Crippen LogP contribution in [0, 0.1) is 6.92 Å². The summed E-state index contributed by atoms with van der Waals surface area (Å²) >= 11 is 0. The lowest BCUT2D eigenvalue weighted by Crippen LogP contribution is -2.16. The number of fused-ring (bicyclic) bond motifs is 1. The van der Waals surface area contributed by atoms with Crippen LogP contribution in [0.2, 0.25) is 0 Å². The second-order valence-electron chi connectivity index (χ2n) is 6.69. The van der Waals surface area contributed by atoms with Crippen molar-refractivity contribution in [3.05, 3.63) is 78.3 Å². The van der Waals surface area contributed by atoms with Gasteiger partial charge >= 0.3 is 0 Å². The predicted molar refractivity (Wildman–Crippen MR) is 113 cm³/mol. The number of hydrogen-bond donors (Lipinski definition) is 2. The molecule has 0 atom stereocenters. The lowest BCUT2D eigenvalue weighted by Gasteiger charge is -2.08. The third-order valence-corrected chi connectivity index (χ3v) is 5.74. The van der Waals surface area contributed by atoms with E-state index in [1.54, 1.807) is 12.3 Å². The minimum absolute atomic E-state index is 0.0162. The molecule has 0 saturated heterocycles. The van der Waals surface area contributed by atoms with Gasteiger partial charge in [-0.3, -0.25) is 4.79 Å². The van der Waals surface area contributed by atoms with Gasteiger partial charge in [-0.15, -0.1) is 0 Å². The van der Waals surface area contributed by atoms with Crippen LogP contribution >= 0.6 is 0 Å². The molecule has 0 aliphatic carbocycles. The number of sulfonamides is 1. The summed E-state index contributed by atoms with van der Waals surface area (Å²) in [6.45, 7) is 1.98. The van der Waals surface area contributed by atoms with E-state index in [-0.39, 0.29) is 23.2 Å². The molecule has 0 aliphatic rings. The highest BCUT2D eigenvalue weighted by Crippen LogP contribution is 2.23. The molecule has 2 N–H and O–H groups in total. The number of nitrogens with zero attached hydrogens (tertiary/aromatic N) is 2. The average molecular weight is 422 g/mol. The van der Waals surface area contributed by atoms with Crippen LogP contribution < -0.4 is 10.0 Å². The van der Waals surface area contributed by atoms with Crippen LogP contribution in [0.5, 0.6) is 0 Å². The Kier molecular flexibility index (Phi) is 5.20. The van der Waals surface area contributed by atoms with Gasteiger partial charge in [-0.25, -0.2) is 23.1 Å². The zero-order valence-corrected chi connectivity index (χ0v) is 16.8. The van der Waals surface area contributed by atoms with Crippen molar-refractivity contribution < 1.29 is 17.6 Å². The smallest absolute Gasteiger partial charge is 0.264 e. The summed E-state index contributed by atoms with van der Waals surface area (Å²) in [5.74, 6) is -0.247. The molecular weight excluding hydrogens is 404 g/mol. The first-order chi connectivity index (χ1) is 14.4. The third kappa shape index (κ3) is 4.31. The Labute approximate surface area is 173 Å². The summed E-state index contributed by atoms with van der Waals surface area (Å²) in [5, 5.41) is 3.67. The second-order valence-corrected chi connectivity index (χ2v) is 8.37. The normalized spacial score (nSPS) is 11.4. The summed E-state index contributed by atoms with van der Waals surface area (Å²) in [4.78, 5) is 20.1. The molecule has 0 aliphatic heterocycles. The monoisotopic (exact) mass is 422 g/mol. The molecule has 0 spiro atoms. The molecule has 0 radical (unpaired) electrons. The molecule has 2 aromatic heterocycles. The first kappa shape index (κ1) is 19.6. The van der Waals surface area contributed by atoms with E-state index in [0.29, 0.717) is 5.69 Å². The van der Waals surface area contributed by atoms with Gasteiger partial charge in [-0.1, -0.05) is 11.6 Å². The number of benzene rings is 2. The van der Waals surface area contributed by atoms with Crippen LogP contribution in [0.1, 0.15) is 11.1 Å². The molecule has 152 valence electrons. The minimum atomic E-state index is -3.83. The summed E-state index contributed by atoms with van der Waals surface area (Å²) in [5.41, 5.74) is 3.08. The number of anilines is 2. The lowest BCUT2D eigenvalue weighted by atomic mass is 10.1. The fourth-order valence-corrected chi connectivity index (χ4v) is 3.92. The van der Waals surface area contributed by atoms with Gasteiger partial charge in [0.1, 0.15) is 5.58 Å². The van der Waals surface area contributed by atoms with Gasteiger partial charge < -0.3 is 9.73 Å². The van der Waals surface area contributed by atoms with E-state index in [0.717, 1.165) is 22.1 Å². The molecule has 0 saturated carbocycles. The predicted octanol–water partition coefficient (Wildman–Crippen LogP) is 3.51. The maximum Gasteiger partial charge on any atom is 0.264 e. The summed E-state index contributed by atoms with van der Waals surface area (Å²) in [6.07, 6.45) is 4.60. The zero-order chi connectivity index (χ0) is 21.1. The Bertz CT molecular complexity index is 1300. The summed E-state index contributed by atoms with van der Waals surface area (Å²) in [7, 11) is -3.83. The van der Waals surface area contributed by atoms with Gasteiger partial charge in [0.2, 0.25) is 11.9 Å². The Morgan fingerprint density at radius 2 is 1.80 bits per heavy atom. The number of carbonyl (C=O) groups excluding carboxylic acids is 1. The van der Waals surface area contributed by atoms with Gasteiger partial charge in [0.05, 0.1) is 17.6 Å². The molecular formula is C21H18N4O4S. The van der Waals surface area contributed by atoms with Crippen LogP contribution in [0.4, 0.5) is 11.6 Å². The number of hydrogen-bond acceptors (Lipinski definition) is 6. The molecule has 4 rings (SSSR count). The topological polar surface area (TPSA) is 114 Å². The van der Waals surface area contributed by atoms with Crippen molar-refractivity contribution in [2.24, 2.45) is 0 Å². The molecule has 0 unspecified atom stereocenters. The Hall–Kier alpha value is -3.72. The molecule has 30 heavy (non-hydrogen) atoms. The number of aromatic nitrogens is 2. The van der Waals surface area contributed by atoms with Crippen LogP contribution in [0.15, 0.2) is 76.5 Å². The lowest BCUT2D eigenvalue weighted by molar-refractivity contribution is -0.115. The van der Waals surface area contributed by atoms with E-state index in [1.165, 1.54) is 36.7 Å². The second kappa shape index (κ2) is 7.96. The van der Waals surface area contributed by atoms with Crippen molar-refractivity contribution in [1.82, 2.24) is 9.97 Å². The molecule has 1 amide bonds. The van der Waals surface area contributed by atoms with E-state index >= 15 is 0 Å². The fourth-order valence-electron chi connectivity index (χ4n) is 2.96. The van der Waals surface area contributed by atoms with Crippen LogP contribution in [0.3, 0.4) is 0 Å². The zero-order valence-electron chi connectivity index (χ0n) is 16.0. The maximum atomic E-state index is 12.4. The number of carbonyl (C=O) groups is 1. The van der Waals surface area contributed by atoms with E-state index in [4.69, 9.17) is 4.42 Å². The van der Waals surface area contributed by atoms with Gasteiger partial charge in [0, 0.05) is 29.0 Å². The molecule has 8 nitrogen and oxygen atoms in total. The van der Waals surface area contributed by atoms with Crippen molar-refractivity contribution in [2.75, 3.05) is 10.0 Å². The summed E-state index contributed by atoms with van der Waals surface area (Å²) in [6, 6.07) is 13.2. The third-order valence-electron chi connectivity index (χ3n) is 4.40. The maximum absolute atomic E-state index is 12.4. The van der Waals surface area contributed by atoms with E-state index in [9.17, 15) is 13.2 Å². The highest BCUT2D eigenvalue weighted by atomic mass is 32.2. The molecule has 0 fully saturated rings. The van der Waals surface area contributed by atoms with Crippen LogP contribution in [-0.4, -0.2) is 24.3 Å². The number of nitrogens with one attached hydrogen (secondary N) is 2. The van der Waals surface area contributed by atoms with Gasteiger partial charge in [0.25, 0.3) is 10.0 Å². The number of amides is 1. The van der Waals surface area contributed by atoms with Crippen molar-refractivity contribution in [2.45, 2.75) is 18.2 Å². The first-order valence-corrected chi connectivity index (χ1v) is 10.6. The van der Waals surface area contributed by atoms with Crippen molar-refractivity contribution >= 4 is 38.5 Å². The Balaban J connectivity index is 1.44. The summed E-state index contributed by atoms with van der Waals surface area (Å²) < 4.78 is 32.6. The largest absolute Gasteiger partial charge is 0.464 e. The van der Waals surface area contributed by atoms with E-state index in [1.807, 2.05) is 25.1 Å². The quantitative estimate of drug-likeness (QED) is 0.491. The highest BCUT2D eigenvalue weighted by molar-refractivity contribution is 7.92. The molecule has 4 aromatic rings. The number of aryl methyl sites for hydroxylation is 1. The highest BCUT2D eigenvalue weighted by Gasteiger charge is 2.16. The minimum Gasteiger partial charge on any atom is -0.464 e. The number of rotatable bonds is 6. The van der Waals surface area contributed by atoms with Crippen molar-refractivity contribution in [1.29, 1.82) is 0 Å². The van der Waals surface area contributed by atoms with Crippen molar-refractivity contribution in [3.8, 4) is 0 Å². The first-order valence-electron chi connectivity index (χ1n) is 9.07. The van der Waals surface area contributed by atoms with Crippen LogP contribution in [-0.2, 0) is 21.2 Å². The molecule has 0 bridgehead atoms. The Morgan fingerprint density at radius 1 is 1.07 bits per heavy atom. The Morgan fingerprint density at radius 3 is 2.53 bits per heavy atom. The average Bonchev–Trinajstić information content (AvgIpc) is 3.10. The van der Waals surface area contributed by atoms with Crippen molar-refractivity contribution in [3.63, 3.8) is 0 Å². The van der Waals surface area contributed by atoms with Gasteiger partial charge in [-0.05, 0) is 49.4 Å². The van der Waals surface area contributed by atoms with E-state index in [2.05, 4.69) is 20.0 Å². The number of furan rings is 1. The molecule has 9 heteroatoms. The molecule has 2 aromatic carbocycles.